The molecule has 0 aliphatic carbocycles. The number of sulfonamides is 1. The molecule has 1 aliphatic rings. The number of hydrogen-bond donors (Lipinski definition) is 0. The van der Waals surface area contributed by atoms with Crippen LogP contribution in [0.1, 0.15) is 26.2 Å². The van der Waals surface area contributed by atoms with E-state index in [0.29, 0.717) is 15.9 Å². The van der Waals surface area contributed by atoms with Gasteiger partial charge in [0.1, 0.15) is 0 Å². The van der Waals surface area contributed by atoms with Crippen LogP contribution in [-0.4, -0.2) is 25.3 Å². The van der Waals surface area contributed by atoms with Gasteiger partial charge in [-0.3, -0.25) is 0 Å². The van der Waals surface area contributed by atoms with Crippen molar-refractivity contribution in [2.75, 3.05) is 6.54 Å². The minimum Gasteiger partial charge on any atom is -0.207 e. The van der Waals surface area contributed by atoms with Crippen molar-refractivity contribution in [3.63, 3.8) is 0 Å². The van der Waals surface area contributed by atoms with Gasteiger partial charge in [0, 0.05) is 21.5 Å². The first-order valence-electron chi connectivity index (χ1n) is 5.93. The van der Waals surface area contributed by atoms with Crippen LogP contribution in [0.3, 0.4) is 0 Å². The summed E-state index contributed by atoms with van der Waals surface area (Å²) in [6.45, 7) is 2.67. The lowest BCUT2D eigenvalue weighted by molar-refractivity contribution is 0.379. The maximum atomic E-state index is 12.6. The quantitative estimate of drug-likeness (QED) is 0.779. The molecule has 1 aliphatic heterocycles. The minimum atomic E-state index is -3.38. The maximum absolute atomic E-state index is 12.6. The third-order valence-corrected chi connectivity index (χ3v) is 6.70. The van der Waals surface area contributed by atoms with Crippen LogP contribution in [0.4, 0.5) is 0 Å². The highest BCUT2D eigenvalue weighted by atomic mass is 79.9. The molecule has 0 bridgehead atoms. The van der Waals surface area contributed by atoms with Gasteiger partial charge < -0.3 is 0 Å². The van der Waals surface area contributed by atoms with Crippen LogP contribution in [0.15, 0.2) is 32.0 Å². The normalized spacial score (nSPS) is 21.4. The van der Waals surface area contributed by atoms with Crippen molar-refractivity contribution < 1.29 is 8.42 Å². The Morgan fingerprint density at radius 2 is 2.11 bits per heavy atom. The molecule has 1 saturated heterocycles. The summed E-state index contributed by atoms with van der Waals surface area (Å²) in [5.74, 6) is 0. The molecule has 1 unspecified atom stereocenters. The maximum Gasteiger partial charge on any atom is 0.244 e. The van der Waals surface area contributed by atoms with Gasteiger partial charge in [0.15, 0.2) is 0 Å². The summed E-state index contributed by atoms with van der Waals surface area (Å²) < 4.78 is 28.3. The van der Waals surface area contributed by atoms with Gasteiger partial charge in [0.25, 0.3) is 0 Å². The Balaban J connectivity index is 2.42. The Morgan fingerprint density at radius 3 is 2.72 bits per heavy atom. The molecule has 1 aromatic carbocycles. The van der Waals surface area contributed by atoms with Crippen LogP contribution in [0.25, 0.3) is 0 Å². The highest BCUT2D eigenvalue weighted by Gasteiger charge is 2.35. The van der Waals surface area contributed by atoms with Crippen LogP contribution in [0.2, 0.25) is 0 Å². The van der Waals surface area contributed by atoms with Crippen LogP contribution >= 0.6 is 31.9 Å². The Labute approximate surface area is 125 Å². The Bertz CT molecular complexity index is 545. The number of rotatable bonds is 3. The Morgan fingerprint density at radius 1 is 1.39 bits per heavy atom. The fraction of sp³-hybridized carbons (Fsp3) is 0.500. The average molecular weight is 397 g/mol. The zero-order chi connectivity index (χ0) is 13.3. The number of halogens is 2. The van der Waals surface area contributed by atoms with E-state index in [1.54, 1.807) is 22.5 Å². The van der Waals surface area contributed by atoms with Crippen molar-refractivity contribution in [1.29, 1.82) is 0 Å². The number of nitrogens with zero attached hydrogens (tertiary/aromatic N) is 1. The molecule has 0 amide bonds. The van der Waals surface area contributed by atoms with Crippen LogP contribution in [0, 0.1) is 0 Å². The molecule has 18 heavy (non-hydrogen) atoms. The lowest BCUT2D eigenvalue weighted by atomic mass is 10.2. The van der Waals surface area contributed by atoms with Gasteiger partial charge in [-0.1, -0.05) is 22.9 Å². The van der Waals surface area contributed by atoms with Crippen molar-refractivity contribution in [2.24, 2.45) is 0 Å². The summed E-state index contributed by atoms with van der Waals surface area (Å²) >= 11 is 6.67. The molecule has 1 fully saturated rings. The van der Waals surface area contributed by atoms with E-state index in [-0.39, 0.29) is 6.04 Å². The predicted octanol–water partition coefficient (Wildman–Crippen LogP) is 3.77. The first-order valence-corrected chi connectivity index (χ1v) is 8.96. The topological polar surface area (TPSA) is 37.4 Å². The zero-order valence-electron chi connectivity index (χ0n) is 10.1. The van der Waals surface area contributed by atoms with Gasteiger partial charge in [-0.25, -0.2) is 8.42 Å². The summed E-state index contributed by atoms with van der Waals surface area (Å²) in [5.41, 5.74) is 0. The van der Waals surface area contributed by atoms with Crippen LogP contribution < -0.4 is 0 Å². The van der Waals surface area contributed by atoms with Gasteiger partial charge in [-0.2, -0.15) is 4.31 Å². The molecule has 2 rings (SSSR count). The van der Waals surface area contributed by atoms with Gasteiger partial charge in [0.05, 0.1) is 4.90 Å². The van der Waals surface area contributed by atoms with E-state index in [1.807, 2.05) is 6.92 Å². The van der Waals surface area contributed by atoms with E-state index in [0.717, 1.165) is 23.7 Å². The van der Waals surface area contributed by atoms with Gasteiger partial charge in [-0.05, 0) is 53.4 Å². The largest absolute Gasteiger partial charge is 0.244 e. The Kier molecular flexibility index (Phi) is 4.52. The molecule has 1 atom stereocenters. The third kappa shape index (κ3) is 2.66. The molecular formula is C12H15Br2NO2S. The molecule has 0 spiro atoms. The molecule has 0 aromatic heterocycles. The van der Waals surface area contributed by atoms with E-state index in [1.165, 1.54) is 0 Å². The van der Waals surface area contributed by atoms with Gasteiger partial charge >= 0.3 is 0 Å². The molecule has 3 nitrogen and oxygen atoms in total. The second-order valence-electron chi connectivity index (χ2n) is 4.39. The lowest BCUT2D eigenvalue weighted by Crippen LogP contribution is -2.35. The van der Waals surface area contributed by atoms with Crippen LogP contribution in [0.5, 0.6) is 0 Å². The monoisotopic (exact) mass is 395 g/mol. The second kappa shape index (κ2) is 5.61. The lowest BCUT2D eigenvalue weighted by Gasteiger charge is -2.23. The van der Waals surface area contributed by atoms with E-state index < -0.39 is 10.0 Å². The molecular weight excluding hydrogens is 382 g/mol. The third-order valence-electron chi connectivity index (χ3n) is 3.27. The smallest absolute Gasteiger partial charge is 0.207 e. The van der Waals surface area contributed by atoms with Crippen molar-refractivity contribution in [1.82, 2.24) is 4.31 Å². The average Bonchev–Trinajstić information content (AvgIpc) is 2.76. The molecule has 0 saturated carbocycles. The van der Waals surface area contributed by atoms with Crippen molar-refractivity contribution in [3.05, 3.63) is 27.1 Å². The minimum absolute atomic E-state index is 0.144. The molecule has 1 heterocycles. The standard InChI is InChI=1S/C12H15Br2NO2S/c1-2-10-4-3-7-15(10)18(16,17)12-6-5-9(13)8-11(12)14/h5-6,8,10H,2-4,7H2,1H3. The number of hydrogen-bond acceptors (Lipinski definition) is 2. The fourth-order valence-electron chi connectivity index (χ4n) is 2.34. The molecule has 0 N–H and O–H groups in total. The van der Waals surface area contributed by atoms with Crippen LogP contribution in [-0.2, 0) is 10.0 Å². The number of benzene rings is 1. The van der Waals surface area contributed by atoms with Crippen molar-refractivity contribution in [3.8, 4) is 0 Å². The molecule has 6 heteroatoms. The zero-order valence-corrected chi connectivity index (χ0v) is 14.1. The highest BCUT2D eigenvalue weighted by Crippen LogP contribution is 2.32. The van der Waals surface area contributed by atoms with E-state index in [9.17, 15) is 8.42 Å². The van der Waals surface area contributed by atoms with Crippen molar-refractivity contribution >= 4 is 41.9 Å². The predicted molar refractivity (Wildman–Crippen MR) is 79.0 cm³/mol. The van der Waals surface area contributed by atoms with Crippen molar-refractivity contribution in [2.45, 2.75) is 37.1 Å². The summed E-state index contributed by atoms with van der Waals surface area (Å²) in [6.07, 6.45) is 2.78. The molecule has 100 valence electrons. The van der Waals surface area contributed by atoms with E-state index in [2.05, 4.69) is 31.9 Å². The highest BCUT2D eigenvalue weighted by molar-refractivity contribution is 9.11. The second-order valence-corrected chi connectivity index (χ2v) is 8.02. The summed E-state index contributed by atoms with van der Waals surface area (Å²) in [7, 11) is -3.38. The molecule has 1 aromatic rings. The summed E-state index contributed by atoms with van der Waals surface area (Å²) in [5, 5.41) is 0. The SMILES string of the molecule is CCC1CCCN1S(=O)(=O)c1ccc(Br)cc1Br. The first kappa shape index (κ1) is 14.5. The first-order chi connectivity index (χ1) is 8.46. The Hall–Kier alpha value is 0.0900. The van der Waals surface area contributed by atoms with E-state index in [4.69, 9.17) is 0 Å². The fourth-order valence-corrected chi connectivity index (χ4v) is 5.82. The summed E-state index contributed by atoms with van der Waals surface area (Å²) in [6, 6.07) is 5.32. The van der Waals surface area contributed by atoms with Gasteiger partial charge in [0.2, 0.25) is 10.0 Å². The van der Waals surface area contributed by atoms with E-state index >= 15 is 0 Å². The summed E-state index contributed by atoms with van der Waals surface area (Å²) in [4.78, 5) is 0.353. The molecule has 0 radical (unpaired) electrons. The van der Waals surface area contributed by atoms with Gasteiger partial charge in [-0.15, -0.1) is 0 Å².